The first kappa shape index (κ1) is 13.9. The molecule has 4 nitrogen and oxygen atoms in total. The van der Waals surface area contributed by atoms with E-state index < -0.39 is 11.9 Å². The minimum atomic E-state index is -0.757. The quantitative estimate of drug-likeness (QED) is 0.856. The molecule has 1 aromatic carbocycles. The smallest absolute Gasteiger partial charge is 0.311 e. The van der Waals surface area contributed by atoms with Crippen LogP contribution in [0.25, 0.3) is 0 Å². The lowest BCUT2D eigenvalue weighted by Gasteiger charge is -2.19. The molecule has 0 saturated carbocycles. The molecule has 1 fully saturated rings. The number of carboxylic acids is 1. The first-order chi connectivity index (χ1) is 9.20. The second-order valence-corrected chi connectivity index (χ2v) is 5.00. The number of carboxylic acid groups (broad SMARTS) is 1. The topological polar surface area (TPSA) is 49.8 Å². The van der Waals surface area contributed by atoms with Gasteiger partial charge in [-0.1, -0.05) is 12.1 Å². The van der Waals surface area contributed by atoms with Gasteiger partial charge in [0.25, 0.3) is 0 Å². The van der Waals surface area contributed by atoms with Gasteiger partial charge in [-0.2, -0.15) is 0 Å². The third-order valence-corrected chi connectivity index (χ3v) is 3.73. The molecule has 1 N–H and O–H groups in total. The lowest BCUT2D eigenvalue weighted by atomic mass is 9.95. The second kappa shape index (κ2) is 6.57. The van der Waals surface area contributed by atoms with Crippen LogP contribution in [0.3, 0.4) is 0 Å². The van der Waals surface area contributed by atoms with Crippen LogP contribution in [0.1, 0.15) is 30.7 Å². The Hall–Kier alpha value is -1.55. The highest BCUT2D eigenvalue weighted by atomic mass is 16.5. The summed E-state index contributed by atoms with van der Waals surface area (Å²) in [4.78, 5) is 13.8. The lowest BCUT2D eigenvalue weighted by molar-refractivity contribution is -0.139. The van der Waals surface area contributed by atoms with Gasteiger partial charge in [-0.25, -0.2) is 0 Å². The summed E-state index contributed by atoms with van der Waals surface area (Å²) in [5.74, 6) is -0.493. The average Bonchev–Trinajstić information content (AvgIpc) is 2.92. The van der Waals surface area contributed by atoms with Crippen molar-refractivity contribution in [2.24, 2.45) is 0 Å². The molecule has 1 aromatic rings. The van der Waals surface area contributed by atoms with E-state index in [0.29, 0.717) is 12.2 Å². The van der Waals surface area contributed by atoms with Gasteiger partial charge in [-0.15, -0.1) is 0 Å². The number of rotatable bonds is 6. The van der Waals surface area contributed by atoms with E-state index in [-0.39, 0.29) is 0 Å². The number of aliphatic carboxylic acids is 1. The van der Waals surface area contributed by atoms with Crippen LogP contribution < -0.4 is 4.74 Å². The van der Waals surface area contributed by atoms with Gasteiger partial charge >= 0.3 is 5.97 Å². The molecule has 0 aromatic heterocycles. The molecule has 104 valence electrons. The SMILES string of the molecule is COc1cccc([C@H](CCN2CCCC2)C(=O)O)c1. The van der Waals surface area contributed by atoms with Crippen LogP contribution in [0.4, 0.5) is 0 Å². The summed E-state index contributed by atoms with van der Waals surface area (Å²) in [5, 5.41) is 9.40. The maximum absolute atomic E-state index is 11.4. The van der Waals surface area contributed by atoms with E-state index >= 15 is 0 Å². The van der Waals surface area contributed by atoms with Gasteiger partial charge < -0.3 is 14.7 Å². The van der Waals surface area contributed by atoms with Gasteiger partial charge in [0, 0.05) is 0 Å². The van der Waals surface area contributed by atoms with E-state index in [1.54, 1.807) is 7.11 Å². The van der Waals surface area contributed by atoms with Crippen molar-refractivity contribution < 1.29 is 14.6 Å². The van der Waals surface area contributed by atoms with Crippen molar-refractivity contribution in [2.45, 2.75) is 25.2 Å². The Morgan fingerprint density at radius 2 is 2.16 bits per heavy atom. The normalized spacial score (nSPS) is 17.3. The van der Waals surface area contributed by atoms with Crippen LogP contribution in [-0.4, -0.2) is 42.7 Å². The number of carbonyl (C=O) groups is 1. The maximum atomic E-state index is 11.4. The van der Waals surface area contributed by atoms with Crippen molar-refractivity contribution in [3.8, 4) is 5.75 Å². The number of likely N-dealkylation sites (tertiary alicyclic amines) is 1. The Morgan fingerprint density at radius 3 is 2.79 bits per heavy atom. The van der Waals surface area contributed by atoms with Crippen molar-refractivity contribution in [3.05, 3.63) is 29.8 Å². The predicted molar refractivity (Wildman–Crippen MR) is 73.7 cm³/mol. The fraction of sp³-hybridized carbons (Fsp3) is 0.533. The van der Waals surface area contributed by atoms with Gasteiger partial charge in [0.15, 0.2) is 0 Å². The minimum absolute atomic E-state index is 0.448. The van der Waals surface area contributed by atoms with Crippen LogP contribution in [0.2, 0.25) is 0 Å². The van der Waals surface area contributed by atoms with Crippen LogP contribution in [-0.2, 0) is 4.79 Å². The Bertz CT molecular complexity index is 427. The number of methoxy groups -OCH3 is 1. The zero-order valence-corrected chi connectivity index (χ0v) is 11.3. The zero-order chi connectivity index (χ0) is 13.7. The first-order valence-corrected chi connectivity index (χ1v) is 6.80. The Labute approximate surface area is 114 Å². The average molecular weight is 263 g/mol. The highest BCUT2D eigenvalue weighted by Crippen LogP contribution is 2.25. The number of benzene rings is 1. The molecule has 1 heterocycles. The van der Waals surface area contributed by atoms with Crippen molar-refractivity contribution in [1.82, 2.24) is 4.90 Å². The molecule has 2 rings (SSSR count). The van der Waals surface area contributed by atoms with E-state index in [1.807, 2.05) is 24.3 Å². The van der Waals surface area contributed by atoms with Gasteiger partial charge in [0.1, 0.15) is 5.75 Å². The highest BCUT2D eigenvalue weighted by molar-refractivity contribution is 5.76. The van der Waals surface area contributed by atoms with Crippen LogP contribution in [0.15, 0.2) is 24.3 Å². The van der Waals surface area contributed by atoms with Crippen molar-refractivity contribution >= 4 is 5.97 Å². The van der Waals surface area contributed by atoms with E-state index in [9.17, 15) is 9.90 Å². The zero-order valence-electron chi connectivity index (χ0n) is 11.3. The molecule has 1 saturated heterocycles. The molecule has 1 atom stereocenters. The summed E-state index contributed by atoms with van der Waals surface area (Å²) in [7, 11) is 1.60. The van der Waals surface area contributed by atoms with Crippen molar-refractivity contribution in [2.75, 3.05) is 26.7 Å². The summed E-state index contributed by atoms with van der Waals surface area (Å²) in [6.07, 6.45) is 3.12. The molecule has 0 unspecified atom stereocenters. The van der Waals surface area contributed by atoms with Crippen LogP contribution >= 0.6 is 0 Å². The molecular formula is C15H21NO3. The number of hydrogen-bond donors (Lipinski definition) is 1. The highest BCUT2D eigenvalue weighted by Gasteiger charge is 2.22. The molecule has 0 bridgehead atoms. The number of hydrogen-bond acceptors (Lipinski definition) is 3. The van der Waals surface area contributed by atoms with E-state index in [1.165, 1.54) is 12.8 Å². The fourth-order valence-corrected chi connectivity index (χ4v) is 2.61. The molecule has 0 radical (unpaired) electrons. The summed E-state index contributed by atoms with van der Waals surface area (Å²) in [5.41, 5.74) is 0.825. The second-order valence-electron chi connectivity index (χ2n) is 5.00. The molecule has 0 spiro atoms. The molecule has 4 heteroatoms. The van der Waals surface area contributed by atoms with E-state index in [4.69, 9.17) is 4.74 Å². The van der Waals surface area contributed by atoms with Gasteiger partial charge in [0.05, 0.1) is 13.0 Å². The summed E-state index contributed by atoms with van der Waals surface area (Å²) < 4.78 is 5.16. The van der Waals surface area contributed by atoms with Gasteiger partial charge in [-0.3, -0.25) is 4.79 Å². The monoisotopic (exact) mass is 263 g/mol. The Balaban J connectivity index is 2.03. The Morgan fingerprint density at radius 1 is 1.42 bits per heavy atom. The molecular weight excluding hydrogens is 242 g/mol. The van der Waals surface area contributed by atoms with E-state index in [0.717, 1.165) is 25.2 Å². The Kier molecular flexibility index (Phi) is 4.80. The third-order valence-electron chi connectivity index (χ3n) is 3.73. The number of nitrogens with zero attached hydrogens (tertiary/aromatic N) is 1. The predicted octanol–water partition coefficient (Wildman–Crippen LogP) is 2.35. The van der Waals surface area contributed by atoms with Gasteiger partial charge in [-0.05, 0) is 56.6 Å². The van der Waals surface area contributed by atoms with Gasteiger partial charge in [0.2, 0.25) is 0 Å². The largest absolute Gasteiger partial charge is 0.497 e. The van der Waals surface area contributed by atoms with E-state index in [2.05, 4.69) is 4.90 Å². The summed E-state index contributed by atoms with van der Waals surface area (Å²) >= 11 is 0. The molecule has 0 amide bonds. The summed E-state index contributed by atoms with van der Waals surface area (Å²) in [6.45, 7) is 3.06. The minimum Gasteiger partial charge on any atom is -0.497 e. The van der Waals surface area contributed by atoms with Crippen LogP contribution in [0, 0.1) is 0 Å². The lowest BCUT2D eigenvalue weighted by Crippen LogP contribution is -2.24. The van der Waals surface area contributed by atoms with Crippen LogP contribution in [0.5, 0.6) is 5.75 Å². The van der Waals surface area contributed by atoms with Crippen molar-refractivity contribution in [1.29, 1.82) is 0 Å². The maximum Gasteiger partial charge on any atom is 0.311 e. The first-order valence-electron chi connectivity index (χ1n) is 6.80. The molecule has 19 heavy (non-hydrogen) atoms. The standard InChI is InChI=1S/C15H21NO3/c1-19-13-6-4-5-12(11-13)14(15(17)18)7-10-16-8-2-3-9-16/h4-6,11,14H,2-3,7-10H2,1H3,(H,17,18)/t14-/m0/s1. The molecule has 1 aliphatic rings. The number of ether oxygens (including phenoxy) is 1. The van der Waals surface area contributed by atoms with Crippen molar-refractivity contribution in [3.63, 3.8) is 0 Å². The molecule has 0 aliphatic carbocycles. The fourth-order valence-electron chi connectivity index (χ4n) is 2.61. The third kappa shape index (κ3) is 3.70. The summed E-state index contributed by atoms with van der Waals surface area (Å²) in [6, 6.07) is 7.37. The molecule has 1 aliphatic heterocycles.